The van der Waals surface area contributed by atoms with Gasteiger partial charge in [-0.25, -0.2) is 19.2 Å². The topological polar surface area (TPSA) is 73.3 Å². The zero-order valence-electron chi connectivity index (χ0n) is 24.6. The van der Waals surface area contributed by atoms with Crippen LogP contribution in [0, 0.1) is 5.82 Å². The molecule has 0 unspecified atom stereocenters. The second-order valence-corrected chi connectivity index (χ2v) is 12.3. The number of amides is 1. The summed E-state index contributed by atoms with van der Waals surface area (Å²) >= 11 is 0. The van der Waals surface area contributed by atoms with Gasteiger partial charge in [-0.05, 0) is 82.0 Å². The fraction of sp³-hybridized carbons (Fsp3) is 0.424. The van der Waals surface area contributed by atoms with Crippen molar-refractivity contribution >= 4 is 23.4 Å². The number of aromatic nitrogens is 1. The molecule has 8 nitrogen and oxygen atoms in total. The van der Waals surface area contributed by atoms with Gasteiger partial charge in [-0.15, -0.1) is 5.10 Å². The molecule has 42 heavy (non-hydrogen) atoms. The number of pyridine rings is 1. The summed E-state index contributed by atoms with van der Waals surface area (Å²) in [5.74, 6) is 1.57. The van der Waals surface area contributed by atoms with Gasteiger partial charge in [-0.2, -0.15) is 0 Å². The van der Waals surface area contributed by atoms with E-state index in [1.54, 1.807) is 12.1 Å². The summed E-state index contributed by atoms with van der Waals surface area (Å²) in [4.78, 5) is 21.8. The number of anilines is 1. The van der Waals surface area contributed by atoms with Crippen molar-refractivity contribution in [1.29, 1.82) is 0 Å². The number of halogens is 1. The van der Waals surface area contributed by atoms with E-state index < -0.39 is 0 Å². The third kappa shape index (κ3) is 6.20. The lowest BCUT2D eigenvalue weighted by Crippen LogP contribution is -2.44. The number of carbonyl (C=O) groups is 1. The van der Waals surface area contributed by atoms with Crippen LogP contribution in [0.5, 0.6) is 0 Å². The van der Waals surface area contributed by atoms with Crippen LogP contribution in [0.4, 0.5) is 15.0 Å². The standard InChI is InChI=1S/C33H39FN6O2/c1-33(2,3)36-32(41)42-26-17-20-38(21-18-26)30-14-6-11-27(35-30)29-12-5-10-25-15-16-31(37-40(25)29)39-19-7-13-28(39)23-8-4-9-24(34)22-23/h4,6,8-12,14-16,22,26,28H,5,7,13,17-21H2,1-3H3,(H,36,41)/t28-/m1/s1. The number of rotatable bonds is 4. The number of nitrogens with zero attached hydrogens (tertiary/aromatic N) is 5. The van der Waals surface area contributed by atoms with Crippen molar-refractivity contribution in [3.63, 3.8) is 0 Å². The van der Waals surface area contributed by atoms with Crippen LogP contribution in [0.3, 0.4) is 0 Å². The number of hydrogen-bond acceptors (Lipinski definition) is 7. The van der Waals surface area contributed by atoms with Crippen molar-refractivity contribution in [3.8, 4) is 0 Å². The van der Waals surface area contributed by atoms with E-state index in [0.29, 0.717) is 0 Å². The minimum atomic E-state index is -0.360. The Morgan fingerprint density at radius 2 is 1.83 bits per heavy atom. The van der Waals surface area contributed by atoms with Crippen LogP contribution in [0.15, 0.2) is 77.6 Å². The van der Waals surface area contributed by atoms with E-state index in [-0.39, 0.29) is 29.6 Å². The molecule has 2 saturated heterocycles. The highest BCUT2D eigenvalue weighted by Gasteiger charge is 2.31. The maximum absolute atomic E-state index is 14.0. The van der Waals surface area contributed by atoms with Gasteiger partial charge in [0, 0.05) is 38.0 Å². The van der Waals surface area contributed by atoms with Gasteiger partial charge in [0.25, 0.3) is 0 Å². The number of hydrazone groups is 1. The maximum atomic E-state index is 14.0. The molecule has 2 fully saturated rings. The number of alkyl carbamates (subject to hydrolysis) is 1. The maximum Gasteiger partial charge on any atom is 0.407 e. The Kier molecular flexibility index (Phi) is 7.75. The quantitative estimate of drug-likeness (QED) is 0.461. The lowest BCUT2D eigenvalue weighted by atomic mass is 10.0. The van der Waals surface area contributed by atoms with Crippen LogP contribution in [-0.2, 0) is 4.74 Å². The number of likely N-dealkylation sites (tertiary alicyclic amines) is 1. The molecule has 6 rings (SSSR count). The molecule has 5 heterocycles. The Balaban J connectivity index is 1.16. The first-order chi connectivity index (χ1) is 20.2. The molecule has 0 radical (unpaired) electrons. The normalized spacial score (nSPS) is 21.0. The Morgan fingerprint density at radius 1 is 1.02 bits per heavy atom. The minimum absolute atomic E-state index is 0.0970. The van der Waals surface area contributed by atoms with Crippen molar-refractivity contribution in [2.24, 2.45) is 5.10 Å². The zero-order chi connectivity index (χ0) is 29.3. The molecule has 0 bridgehead atoms. The molecule has 4 aliphatic rings. The number of carbonyl (C=O) groups excluding carboxylic acids is 1. The molecular weight excluding hydrogens is 531 g/mol. The first kappa shape index (κ1) is 28.0. The summed E-state index contributed by atoms with van der Waals surface area (Å²) in [5, 5.41) is 9.96. The zero-order valence-corrected chi connectivity index (χ0v) is 24.6. The molecule has 2 aromatic rings. The van der Waals surface area contributed by atoms with E-state index in [2.05, 4.69) is 39.4 Å². The third-order valence-electron chi connectivity index (χ3n) is 8.01. The molecule has 220 valence electrons. The van der Waals surface area contributed by atoms with Gasteiger partial charge in [0.15, 0.2) is 0 Å². The van der Waals surface area contributed by atoms with Gasteiger partial charge in [0.05, 0.1) is 23.1 Å². The third-order valence-corrected chi connectivity index (χ3v) is 8.01. The lowest BCUT2D eigenvalue weighted by molar-refractivity contribution is 0.0776. The molecule has 0 saturated carbocycles. The number of fused-ring (bicyclic) bond motifs is 1. The van der Waals surface area contributed by atoms with Gasteiger partial charge in [-0.1, -0.05) is 30.4 Å². The number of nitrogens with one attached hydrogen (secondary N) is 1. The van der Waals surface area contributed by atoms with Crippen LogP contribution in [0.1, 0.15) is 70.2 Å². The summed E-state index contributed by atoms with van der Waals surface area (Å²) in [6, 6.07) is 13.1. The number of benzene rings is 1. The van der Waals surface area contributed by atoms with E-state index in [1.165, 1.54) is 6.07 Å². The summed E-state index contributed by atoms with van der Waals surface area (Å²) in [6.45, 7) is 8.23. The Hall–Kier alpha value is -4.14. The van der Waals surface area contributed by atoms with Crippen molar-refractivity contribution in [1.82, 2.24) is 20.2 Å². The molecule has 1 N–H and O–H groups in total. The first-order valence-electron chi connectivity index (χ1n) is 14.9. The minimum Gasteiger partial charge on any atom is -0.446 e. The van der Waals surface area contributed by atoms with Gasteiger partial charge >= 0.3 is 6.09 Å². The number of ether oxygens (including phenoxy) is 1. The van der Waals surface area contributed by atoms with Crippen molar-refractivity contribution in [3.05, 3.63) is 89.5 Å². The number of allylic oxidation sites excluding steroid dienone is 3. The molecule has 1 aromatic carbocycles. The predicted molar refractivity (Wildman–Crippen MR) is 163 cm³/mol. The first-order valence-corrected chi connectivity index (χ1v) is 14.9. The Bertz CT molecular complexity index is 1450. The van der Waals surface area contributed by atoms with Gasteiger partial charge in [-0.3, -0.25) is 0 Å². The number of piperidine rings is 1. The molecule has 0 aliphatic carbocycles. The van der Waals surface area contributed by atoms with Crippen molar-refractivity contribution in [2.45, 2.75) is 70.6 Å². The molecule has 1 atom stereocenters. The molecule has 0 spiro atoms. The highest BCUT2D eigenvalue weighted by atomic mass is 19.1. The van der Waals surface area contributed by atoms with Gasteiger partial charge < -0.3 is 19.9 Å². The summed E-state index contributed by atoms with van der Waals surface area (Å²) in [7, 11) is 0. The monoisotopic (exact) mass is 570 g/mol. The SMILES string of the molecule is CC(C)(C)NC(=O)OC1CCN(c2cccc(C3=CCC=C4C=CC(N5CCC[C@@H]5c5cccc(F)c5)=NN43)n2)CC1. The largest absolute Gasteiger partial charge is 0.446 e. The van der Waals surface area contributed by atoms with E-state index >= 15 is 0 Å². The fourth-order valence-corrected chi connectivity index (χ4v) is 6.05. The smallest absolute Gasteiger partial charge is 0.407 e. The highest BCUT2D eigenvalue weighted by Crippen LogP contribution is 2.36. The summed E-state index contributed by atoms with van der Waals surface area (Å²) in [6.07, 6.45) is 12.4. The fourth-order valence-electron chi connectivity index (χ4n) is 6.05. The van der Waals surface area contributed by atoms with E-state index in [1.807, 2.05) is 50.0 Å². The molecule has 1 aromatic heterocycles. The molecule has 1 amide bonds. The van der Waals surface area contributed by atoms with Crippen molar-refractivity contribution < 1.29 is 13.9 Å². The van der Waals surface area contributed by atoms with Crippen LogP contribution in [0.25, 0.3) is 5.70 Å². The van der Waals surface area contributed by atoms with Crippen LogP contribution in [0.2, 0.25) is 0 Å². The van der Waals surface area contributed by atoms with Crippen LogP contribution in [-0.4, -0.2) is 58.1 Å². The molecule has 9 heteroatoms. The van der Waals surface area contributed by atoms with Crippen molar-refractivity contribution in [2.75, 3.05) is 24.5 Å². The number of amidine groups is 1. The second kappa shape index (κ2) is 11.6. The predicted octanol–water partition coefficient (Wildman–Crippen LogP) is 6.37. The molecule has 4 aliphatic heterocycles. The summed E-state index contributed by atoms with van der Waals surface area (Å²) < 4.78 is 19.7. The molecular formula is C33H39FN6O2. The average molecular weight is 571 g/mol. The Morgan fingerprint density at radius 3 is 2.62 bits per heavy atom. The van der Waals surface area contributed by atoms with E-state index in [9.17, 15) is 9.18 Å². The van der Waals surface area contributed by atoms with Crippen LogP contribution >= 0.6 is 0 Å². The summed E-state index contributed by atoms with van der Waals surface area (Å²) in [5.41, 5.74) is 3.50. The lowest BCUT2D eigenvalue weighted by Gasteiger charge is -2.35. The van der Waals surface area contributed by atoms with Gasteiger partial charge in [0.1, 0.15) is 23.6 Å². The van der Waals surface area contributed by atoms with Gasteiger partial charge in [0.2, 0.25) is 0 Å². The van der Waals surface area contributed by atoms with Crippen LogP contribution < -0.4 is 10.2 Å². The highest BCUT2D eigenvalue weighted by molar-refractivity contribution is 5.95. The average Bonchev–Trinajstić information content (AvgIpc) is 3.46. The number of hydrogen-bond donors (Lipinski definition) is 1. The van der Waals surface area contributed by atoms with E-state index in [4.69, 9.17) is 14.8 Å². The second-order valence-electron chi connectivity index (χ2n) is 12.3. The Labute approximate surface area is 247 Å². The van der Waals surface area contributed by atoms with E-state index in [0.717, 1.165) is 86.0 Å².